The molecule has 4 aliphatic rings. The molecule has 4 unspecified atom stereocenters. The van der Waals surface area contributed by atoms with E-state index < -0.39 is 24.4 Å². The van der Waals surface area contributed by atoms with Crippen LogP contribution >= 0.6 is 0 Å². The fraction of sp³-hybridized carbons (Fsp3) is 1.00. The molecule has 0 saturated heterocycles. The van der Waals surface area contributed by atoms with Crippen LogP contribution in [-0.4, -0.2) is 17.2 Å². The van der Waals surface area contributed by atoms with Crippen LogP contribution in [0.3, 0.4) is 0 Å². The van der Waals surface area contributed by atoms with Crippen LogP contribution in [0.15, 0.2) is 0 Å². The maximum atomic E-state index is 10.5. The van der Waals surface area contributed by atoms with Crippen LogP contribution < -0.4 is 5.73 Å². The molecule has 2 heteroatoms. The molecular formula is C12H21NO. The largest absolute Gasteiger partial charge is 0.392 e. The first-order valence-electron chi connectivity index (χ1n) is 7.64. The minimum Gasteiger partial charge on any atom is -0.392 e. The van der Waals surface area contributed by atoms with E-state index in [2.05, 4.69) is 0 Å². The molecule has 4 atom stereocenters. The Balaban J connectivity index is 2.03. The molecule has 0 spiro atoms. The molecule has 0 aromatic carbocycles. The van der Waals surface area contributed by atoms with Gasteiger partial charge < -0.3 is 10.8 Å². The minimum atomic E-state index is -2.54. The third kappa shape index (κ3) is 0.989. The second kappa shape index (κ2) is 2.73. The zero-order valence-corrected chi connectivity index (χ0v) is 8.37. The van der Waals surface area contributed by atoms with Gasteiger partial charge in [0.25, 0.3) is 0 Å². The lowest BCUT2D eigenvalue weighted by atomic mass is 9.46. The zero-order valence-electron chi connectivity index (χ0n) is 12.4. The fourth-order valence-electron chi connectivity index (χ4n) is 4.39. The molecule has 0 aromatic heterocycles. The van der Waals surface area contributed by atoms with Crippen molar-refractivity contribution in [1.82, 2.24) is 0 Å². The van der Waals surface area contributed by atoms with Crippen LogP contribution in [0, 0.1) is 23.2 Å². The highest BCUT2D eigenvalue weighted by Crippen LogP contribution is 2.60. The minimum absolute atomic E-state index is 0.159. The maximum absolute atomic E-state index is 10.5. The Morgan fingerprint density at radius 2 is 2.07 bits per heavy atom. The van der Waals surface area contributed by atoms with E-state index in [-0.39, 0.29) is 5.92 Å². The summed E-state index contributed by atoms with van der Waals surface area (Å²) >= 11 is 0. The number of aliphatic hydroxyl groups excluding tert-OH is 1. The topological polar surface area (TPSA) is 46.2 Å². The number of rotatable bonds is 1. The van der Waals surface area contributed by atoms with Crippen LogP contribution in [0.5, 0.6) is 0 Å². The number of hydrogen-bond acceptors (Lipinski definition) is 2. The van der Waals surface area contributed by atoms with Gasteiger partial charge in [-0.3, -0.25) is 0 Å². The van der Waals surface area contributed by atoms with E-state index in [1.165, 1.54) is 0 Å². The Labute approximate surface area is 91.5 Å². The third-order valence-corrected chi connectivity index (χ3v) is 4.79. The second-order valence-electron chi connectivity index (χ2n) is 5.62. The van der Waals surface area contributed by atoms with Crippen LogP contribution in [0.4, 0.5) is 0 Å². The summed E-state index contributed by atoms with van der Waals surface area (Å²) < 4.78 is 30.9. The highest BCUT2D eigenvalue weighted by molar-refractivity contribution is 5.09. The van der Waals surface area contributed by atoms with E-state index in [9.17, 15) is 5.11 Å². The van der Waals surface area contributed by atoms with Gasteiger partial charge in [0.2, 0.25) is 0 Å². The lowest BCUT2D eigenvalue weighted by Crippen LogP contribution is -2.61. The van der Waals surface area contributed by atoms with Gasteiger partial charge in [-0.1, -0.05) is 0 Å². The Kier molecular flexibility index (Phi) is 1.14. The normalized spacial score (nSPS) is 65.0. The second-order valence-corrected chi connectivity index (χ2v) is 5.62. The smallest absolute Gasteiger partial charge is 0.0639 e. The van der Waals surface area contributed by atoms with E-state index in [4.69, 9.17) is 11.2 Å². The molecule has 2 nitrogen and oxygen atoms in total. The van der Waals surface area contributed by atoms with E-state index in [0.29, 0.717) is 24.7 Å². The van der Waals surface area contributed by atoms with Gasteiger partial charge in [-0.2, -0.15) is 0 Å². The third-order valence-electron chi connectivity index (χ3n) is 4.79. The first kappa shape index (κ1) is 5.86. The summed E-state index contributed by atoms with van der Waals surface area (Å²) in [5, 5.41) is 10.5. The highest BCUT2D eigenvalue weighted by atomic mass is 16.3. The SMILES string of the molecule is [2H]C([2H])([2H])C([2H])(N)C12CC3CC(CC(C3)C1O)C2. The molecule has 0 aromatic rings. The summed E-state index contributed by atoms with van der Waals surface area (Å²) in [5.74, 6) is 1.08. The summed E-state index contributed by atoms with van der Waals surface area (Å²) in [7, 11) is 0. The molecule has 0 aliphatic heterocycles. The summed E-state index contributed by atoms with van der Waals surface area (Å²) in [6, 6.07) is -2.03. The predicted octanol–water partition coefficient (Wildman–Crippen LogP) is 1.52. The molecule has 4 aliphatic carbocycles. The van der Waals surface area contributed by atoms with E-state index >= 15 is 0 Å². The van der Waals surface area contributed by atoms with Crippen molar-refractivity contribution in [3.05, 3.63) is 0 Å². The van der Waals surface area contributed by atoms with Gasteiger partial charge in [0.05, 0.1) is 6.10 Å². The van der Waals surface area contributed by atoms with Crippen LogP contribution in [0.25, 0.3) is 0 Å². The Hall–Kier alpha value is -0.0800. The number of nitrogens with two attached hydrogens (primary N) is 1. The quantitative estimate of drug-likeness (QED) is 0.672. The van der Waals surface area contributed by atoms with Crippen LogP contribution in [0.2, 0.25) is 0 Å². The number of aliphatic hydroxyl groups is 1. The molecular weight excluding hydrogens is 174 g/mol. The Morgan fingerprint density at radius 1 is 1.43 bits per heavy atom. The van der Waals surface area contributed by atoms with E-state index in [1.807, 2.05) is 0 Å². The molecule has 4 rings (SSSR count). The van der Waals surface area contributed by atoms with Gasteiger partial charge in [0, 0.05) is 16.9 Å². The maximum Gasteiger partial charge on any atom is 0.0639 e. The van der Waals surface area contributed by atoms with Gasteiger partial charge in [-0.15, -0.1) is 0 Å². The summed E-state index contributed by atoms with van der Waals surface area (Å²) in [5.41, 5.74) is 5.00. The van der Waals surface area contributed by atoms with Gasteiger partial charge in [-0.25, -0.2) is 0 Å². The van der Waals surface area contributed by atoms with Crippen LogP contribution in [0.1, 0.15) is 44.4 Å². The van der Waals surface area contributed by atoms with Crippen molar-refractivity contribution in [2.24, 2.45) is 28.9 Å². The predicted molar refractivity (Wildman–Crippen MR) is 55.6 cm³/mol. The van der Waals surface area contributed by atoms with Gasteiger partial charge in [-0.05, 0) is 56.7 Å². The summed E-state index contributed by atoms with van der Waals surface area (Å²) in [6.07, 6.45) is 3.60. The van der Waals surface area contributed by atoms with Gasteiger partial charge in [0.15, 0.2) is 0 Å². The lowest BCUT2D eigenvalue weighted by molar-refractivity contribution is -0.163. The molecule has 4 fully saturated rings. The molecule has 0 radical (unpaired) electrons. The van der Waals surface area contributed by atoms with Crippen molar-refractivity contribution in [1.29, 1.82) is 0 Å². The average Bonchev–Trinajstić information content (AvgIpc) is 2.22. The monoisotopic (exact) mass is 199 g/mol. The van der Waals surface area contributed by atoms with Crippen molar-refractivity contribution in [2.45, 2.75) is 51.1 Å². The van der Waals surface area contributed by atoms with Gasteiger partial charge >= 0.3 is 0 Å². The molecule has 4 bridgehead atoms. The lowest BCUT2D eigenvalue weighted by Gasteiger charge is -2.61. The summed E-state index contributed by atoms with van der Waals surface area (Å²) in [6.45, 7) is -2.54. The summed E-state index contributed by atoms with van der Waals surface area (Å²) in [4.78, 5) is 0. The fourth-order valence-corrected chi connectivity index (χ4v) is 4.39. The first-order valence-corrected chi connectivity index (χ1v) is 5.64. The van der Waals surface area contributed by atoms with Crippen molar-refractivity contribution < 1.29 is 10.6 Å². The molecule has 4 saturated carbocycles. The number of hydrogen-bond donors (Lipinski definition) is 2. The first-order chi connectivity index (χ1) is 8.17. The Morgan fingerprint density at radius 3 is 2.64 bits per heavy atom. The zero-order chi connectivity index (χ0) is 13.3. The molecule has 0 heterocycles. The molecule has 14 heavy (non-hydrogen) atoms. The van der Waals surface area contributed by atoms with Crippen molar-refractivity contribution in [3.63, 3.8) is 0 Å². The highest BCUT2D eigenvalue weighted by Gasteiger charge is 2.57. The van der Waals surface area contributed by atoms with Crippen molar-refractivity contribution in [2.75, 3.05) is 0 Å². The van der Waals surface area contributed by atoms with E-state index in [1.54, 1.807) is 0 Å². The Bertz CT molecular complexity index is 354. The van der Waals surface area contributed by atoms with Crippen molar-refractivity contribution >= 4 is 0 Å². The van der Waals surface area contributed by atoms with Crippen LogP contribution in [-0.2, 0) is 0 Å². The standard InChI is InChI=1S/C12H21NO/c1-7(13)12-5-8-2-9(6-12)4-10(3-8)11(12)14/h7-11,14H,2-6,13H2,1H3/i1D3,7D. The molecule has 3 N–H and O–H groups in total. The van der Waals surface area contributed by atoms with E-state index in [0.717, 1.165) is 19.3 Å². The van der Waals surface area contributed by atoms with Crippen molar-refractivity contribution in [3.8, 4) is 0 Å². The molecule has 80 valence electrons. The van der Waals surface area contributed by atoms with Gasteiger partial charge in [0.1, 0.15) is 0 Å². The average molecular weight is 199 g/mol. The molecule has 0 amide bonds.